The molecule has 0 bridgehead atoms. The summed E-state index contributed by atoms with van der Waals surface area (Å²) in [7, 11) is 1.31. The maximum absolute atomic E-state index is 12.7. The summed E-state index contributed by atoms with van der Waals surface area (Å²) in [5.74, 6) is -0.800. The van der Waals surface area contributed by atoms with E-state index in [2.05, 4.69) is 0 Å². The third-order valence-electron chi connectivity index (χ3n) is 4.63. The Labute approximate surface area is 151 Å². The van der Waals surface area contributed by atoms with Crippen LogP contribution in [0.5, 0.6) is 0 Å². The van der Waals surface area contributed by atoms with E-state index in [4.69, 9.17) is 4.74 Å². The molecule has 1 unspecified atom stereocenters. The summed E-state index contributed by atoms with van der Waals surface area (Å²) < 4.78 is 4.99. The fourth-order valence-corrected chi connectivity index (χ4v) is 3.07. The molecule has 0 aromatic heterocycles. The second kappa shape index (κ2) is 6.92. The van der Waals surface area contributed by atoms with Crippen LogP contribution in [0, 0.1) is 0 Å². The number of ether oxygens (including phenoxy) is 1. The predicted octanol–water partition coefficient (Wildman–Crippen LogP) is 3.41. The average molecular weight is 346 g/mol. The van der Waals surface area contributed by atoms with Crippen LogP contribution >= 0.6 is 0 Å². The second-order valence-electron chi connectivity index (χ2n) is 6.23. The van der Waals surface area contributed by atoms with Gasteiger partial charge in [0.15, 0.2) is 11.6 Å². The summed E-state index contributed by atoms with van der Waals surface area (Å²) >= 11 is 0. The van der Waals surface area contributed by atoms with Gasteiger partial charge in [0.25, 0.3) is 0 Å². The minimum Gasteiger partial charge on any atom is -0.468 e. The Morgan fingerprint density at radius 1 is 0.923 bits per heavy atom. The molecule has 26 heavy (non-hydrogen) atoms. The highest BCUT2D eigenvalue weighted by Gasteiger charge is 2.41. The lowest BCUT2D eigenvalue weighted by Crippen LogP contribution is -2.35. The third kappa shape index (κ3) is 3.02. The molecule has 130 valence electrons. The van der Waals surface area contributed by atoms with E-state index in [0.29, 0.717) is 22.3 Å². The highest BCUT2D eigenvalue weighted by Crippen LogP contribution is 2.36. The van der Waals surface area contributed by atoms with Crippen LogP contribution in [0.25, 0.3) is 0 Å². The lowest BCUT2D eigenvalue weighted by Gasteiger charge is -2.28. The molecule has 0 amide bonds. The van der Waals surface area contributed by atoms with E-state index in [1.165, 1.54) is 19.3 Å². The van der Waals surface area contributed by atoms with Crippen molar-refractivity contribution in [3.63, 3.8) is 0 Å². The summed E-state index contributed by atoms with van der Waals surface area (Å²) in [6, 6.07) is 15.8. The number of allylic oxidation sites excluding steroid dienone is 3. The van der Waals surface area contributed by atoms with Gasteiger partial charge in [0.1, 0.15) is 5.41 Å². The Kier molecular flexibility index (Phi) is 4.67. The smallest absolute Gasteiger partial charge is 0.320 e. The number of methoxy groups -OCH3 is 1. The van der Waals surface area contributed by atoms with Crippen molar-refractivity contribution in [1.29, 1.82) is 0 Å². The van der Waals surface area contributed by atoms with Gasteiger partial charge in [0, 0.05) is 11.1 Å². The van der Waals surface area contributed by atoms with Gasteiger partial charge in [-0.2, -0.15) is 0 Å². The van der Waals surface area contributed by atoms with E-state index in [1.54, 1.807) is 61.5 Å². The van der Waals surface area contributed by atoms with Crippen LogP contribution in [0.1, 0.15) is 28.4 Å². The van der Waals surface area contributed by atoms with Crippen molar-refractivity contribution in [2.45, 2.75) is 12.3 Å². The van der Waals surface area contributed by atoms with Gasteiger partial charge in [-0.25, -0.2) is 0 Å². The minimum absolute atomic E-state index is 0.133. The zero-order valence-corrected chi connectivity index (χ0v) is 14.6. The van der Waals surface area contributed by atoms with Crippen molar-refractivity contribution in [2.75, 3.05) is 7.11 Å². The molecule has 4 heteroatoms. The van der Waals surface area contributed by atoms with Crippen LogP contribution in [0.4, 0.5) is 0 Å². The zero-order valence-electron chi connectivity index (χ0n) is 14.6. The summed E-state index contributed by atoms with van der Waals surface area (Å²) in [6.45, 7) is 1.69. The molecule has 4 nitrogen and oxygen atoms in total. The molecule has 0 aliphatic heterocycles. The molecule has 0 saturated carbocycles. The van der Waals surface area contributed by atoms with E-state index < -0.39 is 11.4 Å². The maximum Gasteiger partial charge on any atom is 0.320 e. The Balaban J connectivity index is 2.08. The van der Waals surface area contributed by atoms with Gasteiger partial charge in [0.05, 0.1) is 7.11 Å². The Morgan fingerprint density at radius 2 is 1.62 bits per heavy atom. The van der Waals surface area contributed by atoms with Crippen LogP contribution in [-0.2, 0) is 19.7 Å². The van der Waals surface area contributed by atoms with Crippen molar-refractivity contribution < 1.29 is 19.1 Å². The lowest BCUT2D eigenvalue weighted by molar-refractivity contribution is -0.145. The van der Waals surface area contributed by atoms with E-state index in [9.17, 15) is 14.4 Å². The van der Waals surface area contributed by atoms with Gasteiger partial charge in [-0.1, -0.05) is 54.6 Å². The number of carbonyl (C=O) groups excluding carboxylic acids is 3. The molecule has 3 rings (SSSR count). The first-order valence-electron chi connectivity index (χ1n) is 8.19. The van der Waals surface area contributed by atoms with Crippen molar-refractivity contribution in [3.8, 4) is 0 Å². The molecule has 0 spiro atoms. The van der Waals surface area contributed by atoms with Crippen molar-refractivity contribution in [2.24, 2.45) is 0 Å². The Morgan fingerprint density at radius 3 is 2.23 bits per heavy atom. The van der Waals surface area contributed by atoms with Gasteiger partial charge in [-0.3, -0.25) is 14.4 Å². The lowest BCUT2D eigenvalue weighted by atomic mass is 9.75. The predicted molar refractivity (Wildman–Crippen MR) is 97.9 cm³/mol. The SMILES string of the molecule is COC(=O)C(C)(C1=CC(=O)C=C1)c1cccc(C(=O)c2ccccc2)c1. The number of hydrogen-bond donors (Lipinski definition) is 0. The molecule has 2 aromatic carbocycles. The van der Waals surface area contributed by atoms with Gasteiger partial charge in [0.2, 0.25) is 0 Å². The topological polar surface area (TPSA) is 60.4 Å². The fraction of sp³-hybridized carbons (Fsp3) is 0.136. The highest BCUT2D eigenvalue weighted by molar-refractivity contribution is 6.09. The minimum atomic E-state index is -1.18. The normalized spacial score (nSPS) is 15.3. The number of esters is 1. The molecule has 1 aliphatic carbocycles. The monoisotopic (exact) mass is 346 g/mol. The average Bonchev–Trinajstić information content (AvgIpc) is 3.13. The molecule has 0 radical (unpaired) electrons. The molecular formula is C22H18O4. The number of ketones is 2. The first-order valence-corrected chi connectivity index (χ1v) is 8.19. The highest BCUT2D eigenvalue weighted by atomic mass is 16.5. The fourth-order valence-electron chi connectivity index (χ4n) is 3.07. The first-order chi connectivity index (χ1) is 12.5. The largest absolute Gasteiger partial charge is 0.468 e. The van der Waals surface area contributed by atoms with Crippen molar-refractivity contribution in [1.82, 2.24) is 0 Å². The second-order valence-corrected chi connectivity index (χ2v) is 6.23. The van der Waals surface area contributed by atoms with Gasteiger partial charge < -0.3 is 4.74 Å². The van der Waals surface area contributed by atoms with Crippen LogP contribution in [-0.4, -0.2) is 24.6 Å². The van der Waals surface area contributed by atoms with Gasteiger partial charge in [-0.15, -0.1) is 0 Å². The summed E-state index contributed by atoms with van der Waals surface area (Å²) in [6.07, 6.45) is 4.45. The van der Waals surface area contributed by atoms with Crippen molar-refractivity contribution >= 4 is 17.5 Å². The maximum atomic E-state index is 12.7. The third-order valence-corrected chi connectivity index (χ3v) is 4.63. The van der Waals surface area contributed by atoms with Crippen LogP contribution < -0.4 is 0 Å². The number of carbonyl (C=O) groups is 3. The molecule has 0 N–H and O–H groups in total. The Bertz CT molecular complexity index is 938. The first kappa shape index (κ1) is 17.5. The summed E-state index contributed by atoms with van der Waals surface area (Å²) in [5.41, 5.74) is 0.998. The molecule has 2 aromatic rings. The van der Waals surface area contributed by atoms with Crippen LogP contribution in [0.2, 0.25) is 0 Å². The molecule has 1 atom stereocenters. The standard InChI is InChI=1S/C22H18O4/c1-22(21(25)26-2,18-11-12-19(23)14-18)17-10-6-9-16(13-17)20(24)15-7-4-3-5-8-15/h3-14H,1-2H3. The Hall–Kier alpha value is -3.27. The zero-order chi connectivity index (χ0) is 18.7. The van der Waals surface area contributed by atoms with Gasteiger partial charge >= 0.3 is 5.97 Å². The number of hydrogen-bond acceptors (Lipinski definition) is 4. The van der Waals surface area contributed by atoms with Crippen LogP contribution in [0.3, 0.4) is 0 Å². The molecule has 0 saturated heterocycles. The molecule has 0 heterocycles. The quantitative estimate of drug-likeness (QED) is 0.615. The van der Waals surface area contributed by atoms with E-state index in [0.717, 1.165) is 0 Å². The summed E-state index contributed by atoms with van der Waals surface area (Å²) in [4.78, 5) is 37.0. The number of rotatable bonds is 5. The van der Waals surface area contributed by atoms with E-state index >= 15 is 0 Å². The van der Waals surface area contributed by atoms with E-state index in [1.807, 2.05) is 6.07 Å². The van der Waals surface area contributed by atoms with E-state index in [-0.39, 0.29) is 11.6 Å². The molecule has 1 aliphatic rings. The number of benzene rings is 2. The molecular weight excluding hydrogens is 328 g/mol. The molecule has 0 fully saturated rings. The van der Waals surface area contributed by atoms with Gasteiger partial charge in [-0.05, 0) is 36.3 Å². The summed E-state index contributed by atoms with van der Waals surface area (Å²) in [5, 5.41) is 0. The van der Waals surface area contributed by atoms with Crippen LogP contribution in [0.15, 0.2) is 78.4 Å². The van der Waals surface area contributed by atoms with Crippen molar-refractivity contribution in [3.05, 3.63) is 95.1 Å².